The summed E-state index contributed by atoms with van der Waals surface area (Å²) in [5.74, 6) is -0.536. The van der Waals surface area contributed by atoms with Crippen LogP contribution in [0.2, 0.25) is 0 Å². The van der Waals surface area contributed by atoms with Crippen molar-refractivity contribution in [1.82, 2.24) is 9.97 Å². The summed E-state index contributed by atoms with van der Waals surface area (Å²) in [6.45, 7) is 0. The van der Waals surface area contributed by atoms with E-state index < -0.39 is 17.9 Å². The molecule has 0 spiro atoms. The topological polar surface area (TPSA) is 37.8 Å². The van der Waals surface area contributed by atoms with Crippen molar-refractivity contribution in [2.24, 2.45) is 0 Å². The van der Waals surface area contributed by atoms with Crippen LogP contribution in [0.5, 0.6) is 0 Å². The van der Waals surface area contributed by atoms with Crippen LogP contribution in [0.15, 0.2) is 54.0 Å². The third-order valence-corrected chi connectivity index (χ3v) is 4.19. The maximum atomic E-state index is 13.1. The van der Waals surface area contributed by atoms with Crippen LogP contribution in [-0.2, 0) is 6.18 Å². The first-order valence-electron chi connectivity index (χ1n) is 6.89. The average Bonchev–Trinajstić information content (AvgIpc) is 3.07. The molecule has 0 saturated carbocycles. The van der Waals surface area contributed by atoms with Crippen molar-refractivity contribution in [3.05, 3.63) is 76.0 Å². The summed E-state index contributed by atoms with van der Waals surface area (Å²) in [5, 5.41) is 4.74. The fraction of sp³-hybridized carbons (Fsp3) is 0.125. The molecule has 0 fully saturated rings. The van der Waals surface area contributed by atoms with E-state index in [0.717, 1.165) is 17.1 Å². The molecule has 0 aliphatic heterocycles. The number of alkyl halides is 3. The van der Waals surface area contributed by atoms with Crippen molar-refractivity contribution in [2.45, 2.75) is 12.2 Å². The van der Waals surface area contributed by atoms with E-state index in [4.69, 9.17) is 0 Å². The van der Waals surface area contributed by atoms with Gasteiger partial charge in [-0.05, 0) is 35.2 Å². The van der Waals surface area contributed by atoms with Gasteiger partial charge in [0.25, 0.3) is 0 Å². The quantitative estimate of drug-likeness (QED) is 0.678. The SMILES string of the molecule is Fc1ccc(C(Nc2nccc(C(F)(F)F)n2)c2cccs2)cc1. The Labute approximate surface area is 139 Å². The molecule has 0 aliphatic rings. The van der Waals surface area contributed by atoms with Crippen molar-refractivity contribution < 1.29 is 17.6 Å². The van der Waals surface area contributed by atoms with Gasteiger partial charge in [0.15, 0.2) is 0 Å². The van der Waals surface area contributed by atoms with Gasteiger partial charge in [0.1, 0.15) is 11.5 Å². The van der Waals surface area contributed by atoms with Crippen LogP contribution >= 0.6 is 11.3 Å². The third-order valence-electron chi connectivity index (χ3n) is 3.25. The standard InChI is InChI=1S/C16H11F4N3S/c17-11-5-3-10(4-6-11)14(12-2-1-9-24-12)23-15-21-8-7-13(22-15)16(18,19)20/h1-9,14H,(H,21,22,23). The lowest BCUT2D eigenvalue weighted by Crippen LogP contribution is -2.16. The van der Waals surface area contributed by atoms with Gasteiger partial charge in [0, 0.05) is 11.1 Å². The van der Waals surface area contributed by atoms with Crippen molar-refractivity contribution in [3.63, 3.8) is 0 Å². The highest BCUT2D eigenvalue weighted by atomic mass is 32.1. The first-order valence-corrected chi connectivity index (χ1v) is 7.77. The number of rotatable bonds is 4. The van der Waals surface area contributed by atoms with E-state index >= 15 is 0 Å². The minimum absolute atomic E-state index is 0.146. The Kier molecular flexibility index (Phi) is 4.48. The molecule has 0 radical (unpaired) electrons. The second-order valence-corrected chi connectivity index (χ2v) is 5.89. The second-order valence-electron chi connectivity index (χ2n) is 4.91. The van der Waals surface area contributed by atoms with E-state index in [1.54, 1.807) is 12.1 Å². The predicted molar refractivity (Wildman–Crippen MR) is 83.2 cm³/mol. The minimum atomic E-state index is -4.55. The van der Waals surface area contributed by atoms with E-state index in [1.165, 1.54) is 23.5 Å². The number of hydrogen-bond donors (Lipinski definition) is 1. The van der Waals surface area contributed by atoms with E-state index in [2.05, 4.69) is 15.3 Å². The van der Waals surface area contributed by atoms with E-state index in [1.807, 2.05) is 17.5 Å². The van der Waals surface area contributed by atoms with Crippen molar-refractivity contribution >= 4 is 17.3 Å². The average molecular weight is 353 g/mol. The highest BCUT2D eigenvalue weighted by Crippen LogP contribution is 2.31. The molecule has 2 aromatic heterocycles. The van der Waals surface area contributed by atoms with Gasteiger partial charge >= 0.3 is 6.18 Å². The fourth-order valence-corrected chi connectivity index (χ4v) is 2.95. The fourth-order valence-electron chi connectivity index (χ4n) is 2.14. The highest BCUT2D eigenvalue weighted by Gasteiger charge is 2.33. The number of thiophene rings is 1. The summed E-state index contributed by atoms with van der Waals surface area (Å²) < 4.78 is 51.5. The van der Waals surface area contributed by atoms with Gasteiger partial charge in [-0.2, -0.15) is 13.2 Å². The van der Waals surface area contributed by atoms with Gasteiger partial charge in [-0.1, -0.05) is 18.2 Å². The van der Waals surface area contributed by atoms with Crippen LogP contribution in [0.3, 0.4) is 0 Å². The molecule has 0 aliphatic carbocycles. The van der Waals surface area contributed by atoms with Crippen molar-refractivity contribution in [3.8, 4) is 0 Å². The number of nitrogens with one attached hydrogen (secondary N) is 1. The smallest absolute Gasteiger partial charge is 0.342 e. The molecule has 24 heavy (non-hydrogen) atoms. The van der Waals surface area contributed by atoms with Gasteiger partial charge in [0.2, 0.25) is 5.95 Å². The molecule has 0 bridgehead atoms. The Morgan fingerprint density at radius 2 is 1.79 bits per heavy atom. The molecule has 1 atom stereocenters. The first kappa shape index (κ1) is 16.4. The van der Waals surface area contributed by atoms with Crippen molar-refractivity contribution in [1.29, 1.82) is 0 Å². The summed E-state index contributed by atoms with van der Waals surface area (Å²) in [7, 11) is 0. The lowest BCUT2D eigenvalue weighted by atomic mass is 10.1. The lowest BCUT2D eigenvalue weighted by molar-refractivity contribution is -0.141. The van der Waals surface area contributed by atoms with Gasteiger partial charge in [0.05, 0.1) is 6.04 Å². The van der Waals surface area contributed by atoms with Crippen LogP contribution in [0.1, 0.15) is 22.2 Å². The molecule has 3 nitrogen and oxygen atoms in total. The summed E-state index contributed by atoms with van der Waals surface area (Å²) in [6, 6.07) is 9.72. The maximum Gasteiger partial charge on any atom is 0.433 e. The molecule has 124 valence electrons. The summed E-state index contributed by atoms with van der Waals surface area (Å²) in [5.41, 5.74) is -0.330. The van der Waals surface area contributed by atoms with E-state index in [0.29, 0.717) is 5.56 Å². The van der Waals surface area contributed by atoms with Crippen LogP contribution in [0.4, 0.5) is 23.5 Å². The molecule has 3 rings (SSSR count). The van der Waals surface area contributed by atoms with Crippen molar-refractivity contribution in [2.75, 3.05) is 5.32 Å². The van der Waals surface area contributed by atoms with E-state index in [-0.39, 0.29) is 11.8 Å². The van der Waals surface area contributed by atoms with Gasteiger partial charge in [-0.25, -0.2) is 14.4 Å². The Morgan fingerprint density at radius 3 is 2.42 bits per heavy atom. The van der Waals surface area contributed by atoms with Crippen LogP contribution in [-0.4, -0.2) is 9.97 Å². The highest BCUT2D eigenvalue weighted by molar-refractivity contribution is 7.10. The lowest BCUT2D eigenvalue weighted by Gasteiger charge is -2.18. The first-order chi connectivity index (χ1) is 11.4. The van der Waals surface area contributed by atoms with Crippen LogP contribution in [0.25, 0.3) is 0 Å². The number of nitrogens with zero attached hydrogens (tertiary/aromatic N) is 2. The summed E-state index contributed by atoms with van der Waals surface area (Å²) >= 11 is 1.43. The molecular weight excluding hydrogens is 342 g/mol. The number of halogens is 4. The zero-order valence-corrected chi connectivity index (χ0v) is 12.9. The van der Waals surface area contributed by atoms with Gasteiger partial charge in [-0.15, -0.1) is 11.3 Å². The molecule has 0 amide bonds. The number of hydrogen-bond acceptors (Lipinski definition) is 4. The largest absolute Gasteiger partial charge is 0.433 e. The Bertz CT molecular complexity index is 801. The molecule has 0 saturated heterocycles. The van der Waals surface area contributed by atoms with Crippen LogP contribution in [0, 0.1) is 5.82 Å². The molecule has 1 aromatic carbocycles. The molecule has 2 heterocycles. The minimum Gasteiger partial charge on any atom is -0.342 e. The van der Waals surface area contributed by atoms with E-state index in [9.17, 15) is 17.6 Å². The number of benzene rings is 1. The van der Waals surface area contributed by atoms with Gasteiger partial charge < -0.3 is 5.32 Å². The molecular formula is C16H11F4N3S. The zero-order chi connectivity index (χ0) is 17.2. The Balaban J connectivity index is 1.95. The second kappa shape index (κ2) is 6.56. The normalized spacial score (nSPS) is 12.8. The van der Waals surface area contributed by atoms with Gasteiger partial charge in [-0.3, -0.25) is 0 Å². The Morgan fingerprint density at radius 1 is 1.04 bits per heavy atom. The molecule has 8 heteroatoms. The maximum absolute atomic E-state index is 13.1. The summed E-state index contributed by atoms with van der Waals surface area (Å²) in [4.78, 5) is 8.22. The van der Waals surface area contributed by atoms with Crippen LogP contribution < -0.4 is 5.32 Å². The summed E-state index contributed by atoms with van der Waals surface area (Å²) in [6.07, 6.45) is -3.50. The zero-order valence-electron chi connectivity index (χ0n) is 12.1. The molecule has 1 N–H and O–H groups in total. The number of anilines is 1. The molecule has 1 unspecified atom stereocenters. The monoisotopic (exact) mass is 353 g/mol. The third kappa shape index (κ3) is 3.70. The number of aromatic nitrogens is 2. The predicted octanol–water partition coefficient (Wildman–Crippen LogP) is 4.90. The molecule has 3 aromatic rings. The Hall–Kier alpha value is -2.48.